The molecule has 0 saturated carbocycles. The highest BCUT2D eigenvalue weighted by Crippen LogP contribution is 2.28. The summed E-state index contributed by atoms with van der Waals surface area (Å²) in [6.45, 7) is -6.30. The van der Waals surface area contributed by atoms with E-state index in [-0.39, 0.29) is 12.3 Å². The Balaban J connectivity index is 5.16. The van der Waals surface area contributed by atoms with Gasteiger partial charge in [-0.2, -0.15) is 39.5 Å². The molecule has 0 saturated heterocycles. The molecule has 0 radical (unpaired) electrons. The van der Waals surface area contributed by atoms with Gasteiger partial charge in [0.25, 0.3) is 0 Å². The van der Waals surface area contributed by atoms with Crippen LogP contribution in [0.15, 0.2) is 0 Å². The second-order valence-electron chi connectivity index (χ2n) is 4.19. The fraction of sp³-hybridized carbons (Fsp3) is 1.00. The molecule has 0 bridgehead atoms. The Hall–Kier alpha value is -0.243. The lowest BCUT2D eigenvalue weighted by Crippen LogP contribution is -2.51. The van der Waals surface area contributed by atoms with E-state index in [1.807, 2.05) is 0 Å². The predicted octanol–water partition coefficient (Wildman–Crippen LogP) is 4.29. The first-order chi connectivity index (χ1) is 10.2. The molecule has 3 nitrogen and oxygen atoms in total. The van der Waals surface area contributed by atoms with Crippen molar-refractivity contribution in [3.8, 4) is 0 Å². The van der Waals surface area contributed by atoms with Gasteiger partial charge >= 0.3 is 27.3 Å². The van der Waals surface area contributed by atoms with Gasteiger partial charge in [0.15, 0.2) is 0 Å². The Labute approximate surface area is 131 Å². The van der Waals surface area contributed by atoms with Crippen LogP contribution in [0.4, 0.5) is 39.5 Å². The van der Waals surface area contributed by atoms with Gasteiger partial charge in [-0.25, -0.2) is 0 Å². The number of rotatable bonds is 9. The lowest BCUT2D eigenvalue weighted by Gasteiger charge is -2.30. The standard InChI is InChI=1S/C9H12ClF9O3Si/c10-2-1-3-23(20-4-7(11,12)13,21-5-8(14,15)16)22-6-9(17,18)19/h1-6H2. The largest absolute Gasteiger partial charge is 0.501 e. The molecule has 0 amide bonds. The highest BCUT2D eigenvalue weighted by Gasteiger charge is 2.49. The number of hydrogen-bond donors (Lipinski definition) is 0. The highest BCUT2D eigenvalue weighted by atomic mass is 35.5. The zero-order valence-electron chi connectivity index (χ0n) is 11.2. The van der Waals surface area contributed by atoms with Gasteiger partial charge in [0.05, 0.1) is 0 Å². The molecule has 0 heterocycles. The van der Waals surface area contributed by atoms with E-state index >= 15 is 0 Å². The third-order valence-corrected chi connectivity index (χ3v) is 4.97. The normalized spacial score (nSPS) is 14.3. The summed E-state index contributed by atoms with van der Waals surface area (Å²) in [6, 6.07) is -0.723. The van der Waals surface area contributed by atoms with Gasteiger partial charge in [-0.15, -0.1) is 11.6 Å². The Kier molecular flexibility index (Phi) is 8.64. The van der Waals surface area contributed by atoms with Crippen LogP contribution in [0.5, 0.6) is 0 Å². The van der Waals surface area contributed by atoms with Crippen LogP contribution < -0.4 is 0 Å². The summed E-state index contributed by atoms with van der Waals surface area (Å²) in [5.41, 5.74) is 0. The fourth-order valence-electron chi connectivity index (χ4n) is 1.20. The van der Waals surface area contributed by atoms with Crippen molar-refractivity contribution in [2.45, 2.75) is 31.0 Å². The third-order valence-electron chi connectivity index (χ3n) is 1.98. The second kappa shape index (κ2) is 8.74. The summed E-state index contributed by atoms with van der Waals surface area (Å²) in [4.78, 5) is 0. The fourth-order valence-corrected chi connectivity index (χ4v) is 4.00. The van der Waals surface area contributed by atoms with E-state index in [4.69, 9.17) is 11.6 Å². The maximum atomic E-state index is 12.2. The highest BCUT2D eigenvalue weighted by molar-refractivity contribution is 6.60. The summed E-state index contributed by atoms with van der Waals surface area (Å²) < 4.78 is 122. The van der Waals surface area contributed by atoms with Gasteiger partial charge in [0.2, 0.25) is 0 Å². The minimum absolute atomic E-state index is 0.241. The summed E-state index contributed by atoms with van der Waals surface area (Å²) >= 11 is 5.27. The first-order valence-corrected chi connectivity index (χ1v) is 8.33. The quantitative estimate of drug-likeness (QED) is 0.327. The Morgan fingerprint density at radius 1 is 0.652 bits per heavy atom. The monoisotopic (exact) mass is 402 g/mol. The second-order valence-corrected chi connectivity index (χ2v) is 7.30. The zero-order chi connectivity index (χ0) is 18.4. The van der Waals surface area contributed by atoms with E-state index in [0.717, 1.165) is 0 Å². The average molecular weight is 403 g/mol. The summed E-state index contributed by atoms with van der Waals surface area (Å²) in [7, 11) is -4.89. The summed E-state index contributed by atoms with van der Waals surface area (Å²) in [5.74, 6) is -0.241. The Morgan fingerprint density at radius 2 is 0.957 bits per heavy atom. The first-order valence-electron chi connectivity index (χ1n) is 5.86. The number of halogens is 10. The zero-order valence-corrected chi connectivity index (χ0v) is 13.0. The van der Waals surface area contributed by atoms with Crippen molar-refractivity contribution < 1.29 is 52.8 Å². The van der Waals surface area contributed by atoms with Crippen molar-refractivity contribution in [3.05, 3.63) is 0 Å². The molecule has 0 N–H and O–H groups in total. The molecule has 0 spiro atoms. The van der Waals surface area contributed by atoms with Gasteiger partial charge in [-0.3, -0.25) is 0 Å². The molecule has 23 heavy (non-hydrogen) atoms. The van der Waals surface area contributed by atoms with Crippen LogP contribution in [-0.4, -0.2) is 53.0 Å². The van der Waals surface area contributed by atoms with Crippen LogP contribution in [0.1, 0.15) is 6.42 Å². The van der Waals surface area contributed by atoms with Gasteiger partial charge in [0.1, 0.15) is 19.8 Å². The van der Waals surface area contributed by atoms with E-state index < -0.39 is 53.2 Å². The van der Waals surface area contributed by atoms with Crippen LogP contribution >= 0.6 is 11.6 Å². The van der Waals surface area contributed by atoms with Crippen molar-refractivity contribution in [1.82, 2.24) is 0 Å². The van der Waals surface area contributed by atoms with Gasteiger partial charge < -0.3 is 13.3 Å². The Morgan fingerprint density at radius 3 is 1.17 bits per heavy atom. The molecule has 0 aromatic rings. The van der Waals surface area contributed by atoms with E-state index in [2.05, 4.69) is 13.3 Å². The van der Waals surface area contributed by atoms with Crippen LogP contribution in [0, 0.1) is 0 Å². The van der Waals surface area contributed by atoms with Crippen LogP contribution in [-0.2, 0) is 13.3 Å². The molecular weight excluding hydrogens is 391 g/mol. The van der Waals surface area contributed by atoms with Crippen LogP contribution in [0.2, 0.25) is 6.04 Å². The minimum atomic E-state index is -4.98. The molecule has 0 unspecified atom stereocenters. The smallest absolute Gasteiger partial charge is 0.364 e. The van der Waals surface area contributed by atoms with Crippen molar-refractivity contribution >= 4 is 20.4 Å². The first kappa shape index (κ1) is 22.8. The SMILES string of the molecule is FC(F)(F)CO[Si](CCCCl)(OCC(F)(F)F)OCC(F)(F)F. The van der Waals surface area contributed by atoms with Crippen LogP contribution in [0.3, 0.4) is 0 Å². The summed E-state index contributed by atoms with van der Waals surface area (Å²) in [5, 5.41) is 0. The molecule has 14 heteroatoms. The lowest BCUT2D eigenvalue weighted by atomic mass is 10.6. The average Bonchev–Trinajstić information content (AvgIpc) is 2.34. The molecule has 0 aliphatic rings. The molecule has 0 aliphatic heterocycles. The van der Waals surface area contributed by atoms with Crippen molar-refractivity contribution in [2.75, 3.05) is 25.7 Å². The molecule has 0 aliphatic carbocycles. The number of hydrogen-bond acceptors (Lipinski definition) is 3. The van der Waals surface area contributed by atoms with Crippen LogP contribution in [0.25, 0.3) is 0 Å². The predicted molar refractivity (Wildman–Crippen MR) is 61.9 cm³/mol. The van der Waals surface area contributed by atoms with Crippen molar-refractivity contribution in [1.29, 1.82) is 0 Å². The number of alkyl halides is 10. The maximum Gasteiger partial charge on any atom is 0.501 e. The lowest BCUT2D eigenvalue weighted by molar-refractivity contribution is -0.194. The van der Waals surface area contributed by atoms with E-state index in [1.165, 1.54) is 0 Å². The van der Waals surface area contributed by atoms with Gasteiger partial charge in [0, 0.05) is 11.9 Å². The van der Waals surface area contributed by atoms with Gasteiger partial charge in [-0.05, 0) is 6.42 Å². The van der Waals surface area contributed by atoms with E-state index in [9.17, 15) is 39.5 Å². The minimum Gasteiger partial charge on any atom is -0.364 e. The van der Waals surface area contributed by atoms with Crippen molar-refractivity contribution in [2.24, 2.45) is 0 Å². The van der Waals surface area contributed by atoms with Gasteiger partial charge in [-0.1, -0.05) is 0 Å². The Bertz CT molecular complexity index is 299. The molecule has 140 valence electrons. The third kappa shape index (κ3) is 12.8. The molecular formula is C9H12ClF9O3Si. The van der Waals surface area contributed by atoms with E-state index in [1.54, 1.807) is 0 Å². The molecule has 0 aromatic carbocycles. The topological polar surface area (TPSA) is 27.7 Å². The molecule has 0 rings (SSSR count). The molecule has 0 fully saturated rings. The van der Waals surface area contributed by atoms with Crippen molar-refractivity contribution in [3.63, 3.8) is 0 Å². The molecule has 0 aromatic heterocycles. The van der Waals surface area contributed by atoms with E-state index in [0.29, 0.717) is 0 Å². The maximum absolute atomic E-state index is 12.2. The molecule has 0 atom stereocenters. The summed E-state index contributed by atoms with van der Waals surface area (Å²) in [6.07, 6.45) is -15.2.